The highest BCUT2D eigenvalue weighted by molar-refractivity contribution is 7.71. The number of fused-ring (bicyclic) bond motifs is 1. The summed E-state index contributed by atoms with van der Waals surface area (Å²) >= 11 is 11.9. The Labute approximate surface area is 165 Å². The average molecular weight is 423 g/mol. The molecule has 8 heteroatoms. The Hall–Kier alpha value is -2.22. The zero-order valence-electron chi connectivity index (χ0n) is 14.0. The zero-order valence-corrected chi connectivity index (χ0v) is 16.4. The predicted molar refractivity (Wildman–Crippen MR) is 105 cm³/mol. The molecule has 0 aliphatic heterocycles. The van der Waals surface area contributed by atoms with E-state index in [0.717, 1.165) is 5.39 Å². The smallest absolute Gasteiger partial charge is 0.338 e. The molecule has 0 radical (unpaired) electrons. The van der Waals surface area contributed by atoms with Gasteiger partial charge >= 0.3 is 13.3 Å². The van der Waals surface area contributed by atoms with Crippen molar-refractivity contribution in [2.45, 2.75) is 6.92 Å². The van der Waals surface area contributed by atoms with E-state index < -0.39 is 13.3 Å². The van der Waals surface area contributed by atoms with Crippen LogP contribution in [0.15, 0.2) is 47.1 Å². The fourth-order valence-corrected chi connectivity index (χ4v) is 4.66. The summed E-state index contributed by atoms with van der Waals surface area (Å²) in [6, 6.07) is 9.59. The van der Waals surface area contributed by atoms with Crippen LogP contribution in [0.5, 0.6) is 0 Å². The topological polar surface area (TPSA) is 76.7 Å². The third-order valence-corrected chi connectivity index (χ3v) is 6.28. The lowest BCUT2D eigenvalue weighted by atomic mass is 10.1. The van der Waals surface area contributed by atoms with E-state index in [2.05, 4.69) is 11.6 Å². The molecule has 1 aromatic heterocycles. The molecule has 3 rings (SSSR count). The van der Waals surface area contributed by atoms with E-state index in [1.165, 1.54) is 12.1 Å². The van der Waals surface area contributed by atoms with Gasteiger partial charge in [-0.2, -0.15) is 0 Å². The maximum Gasteiger partial charge on any atom is 0.338 e. The van der Waals surface area contributed by atoms with E-state index in [1.54, 1.807) is 37.5 Å². The van der Waals surface area contributed by atoms with Crippen molar-refractivity contribution < 1.29 is 23.4 Å². The summed E-state index contributed by atoms with van der Waals surface area (Å²) in [4.78, 5) is 11.1. The van der Waals surface area contributed by atoms with Crippen molar-refractivity contribution >= 4 is 52.8 Å². The minimum atomic E-state index is -3.50. The van der Waals surface area contributed by atoms with Gasteiger partial charge in [0.2, 0.25) is 0 Å². The molecule has 0 bridgehead atoms. The fourth-order valence-electron chi connectivity index (χ4n) is 2.47. The van der Waals surface area contributed by atoms with E-state index in [1.807, 2.05) is 0 Å². The average Bonchev–Trinajstić information content (AvgIpc) is 3.07. The van der Waals surface area contributed by atoms with Crippen LogP contribution in [0.3, 0.4) is 0 Å². The molecular weight excluding hydrogens is 410 g/mol. The molecule has 1 atom stereocenters. The summed E-state index contributed by atoms with van der Waals surface area (Å²) in [5.74, 6) is 1.49. The lowest BCUT2D eigenvalue weighted by molar-refractivity contribution is 0.0697. The van der Waals surface area contributed by atoms with Gasteiger partial charge in [0.15, 0.2) is 0 Å². The maximum absolute atomic E-state index is 13.3. The highest BCUT2D eigenvalue weighted by Gasteiger charge is 2.24. The van der Waals surface area contributed by atoms with Gasteiger partial charge in [-0.05, 0) is 42.9 Å². The molecule has 3 aromatic rings. The Balaban J connectivity index is 2.05. The lowest BCUT2D eigenvalue weighted by Gasteiger charge is -2.11. The minimum absolute atomic E-state index is 0.0532. The number of benzene rings is 2. The Morgan fingerprint density at radius 3 is 2.56 bits per heavy atom. The summed E-state index contributed by atoms with van der Waals surface area (Å²) in [7, 11) is -3.50. The predicted octanol–water partition coefficient (Wildman–Crippen LogP) is 5.39. The number of aromatic carboxylic acids is 1. The van der Waals surface area contributed by atoms with E-state index >= 15 is 0 Å². The van der Waals surface area contributed by atoms with E-state index in [0.29, 0.717) is 16.5 Å². The highest BCUT2D eigenvalue weighted by atomic mass is 35.5. The largest absolute Gasteiger partial charge is 0.478 e. The molecule has 0 fully saturated rings. The molecule has 0 aliphatic carbocycles. The molecule has 1 N–H and O–H groups in total. The second kappa shape index (κ2) is 7.80. The first-order valence-corrected chi connectivity index (χ1v) is 10.2. The summed E-state index contributed by atoms with van der Waals surface area (Å²) in [5, 5.41) is 10.3. The third kappa shape index (κ3) is 4.05. The van der Waals surface area contributed by atoms with Gasteiger partial charge in [-0.25, -0.2) is 4.79 Å². The van der Waals surface area contributed by atoms with Crippen LogP contribution >= 0.6 is 30.6 Å². The quantitative estimate of drug-likeness (QED) is 0.450. The molecule has 0 amide bonds. The van der Waals surface area contributed by atoms with Gasteiger partial charge in [0, 0.05) is 10.9 Å². The first-order chi connectivity index (χ1) is 12.8. The highest BCUT2D eigenvalue weighted by Crippen LogP contribution is 2.45. The molecule has 0 aliphatic rings. The van der Waals surface area contributed by atoms with Gasteiger partial charge in [-0.15, -0.1) is 0 Å². The number of furan rings is 1. The van der Waals surface area contributed by atoms with Gasteiger partial charge in [0.1, 0.15) is 5.58 Å². The number of hydrogen-bond acceptors (Lipinski definition) is 4. The Morgan fingerprint density at radius 1 is 1.22 bits per heavy atom. The number of carbonyl (C=O) groups is 1. The zero-order chi connectivity index (χ0) is 19.6. The number of hydrogen-bond donors (Lipinski definition) is 1. The summed E-state index contributed by atoms with van der Waals surface area (Å²) in [6.07, 6.45) is 1.54. The van der Waals surface area contributed by atoms with Gasteiger partial charge in [0.05, 0.1) is 33.8 Å². The van der Waals surface area contributed by atoms with Crippen LogP contribution in [0.2, 0.25) is 10.0 Å². The van der Waals surface area contributed by atoms with Crippen LogP contribution in [0, 0.1) is 11.6 Å². The van der Waals surface area contributed by atoms with Gasteiger partial charge in [-0.3, -0.25) is 4.57 Å². The molecule has 0 spiro atoms. The lowest BCUT2D eigenvalue weighted by Crippen LogP contribution is -2.06. The van der Waals surface area contributed by atoms with Crippen molar-refractivity contribution in [3.63, 3.8) is 0 Å². The molecule has 27 heavy (non-hydrogen) atoms. The van der Waals surface area contributed by atoms with E-state index in [-0.39, 0.29) is 22.2 Å². The summed E-state index contributed by atoms with van der Waals surface area (Å²) < 4.78 is 24.1. The van der Waals surface area contributed by atoms with Crippen LogP contribution in [0.25, 0.3) is 11.0 Å². The number of rotatable bonds is 4. The van der Waals surface area contributed by atoms with Crippen molar-refractivity contribution in [2.24, 2.45) is 0 Å². The SMILES string of the molecule is CCOP(=O)(C#Cc1cc(Cl)c(C(=O)O)c(Cl)c1)c1ccc2ccoc2c1. The normalized spacial score (nSPS) is 13.0. The molecule has 0 saturated heterocycles. The fraction of sp³-hybridized carbons (Fsp3) is 0.105. The Morgan fingerprint density at radius 2 is 1.93 bits per heavy atom. The third-order valence-electron chi connectivity index (χ3n) is 3.69. The molecule has 2 aromatic carbocycles. The maximum atomic E-state index is 13.3. The molecule has 0 saturated carbocycles. The van der Waals surface area contributed by atoms with Crippen LogP contribution in [-0.4, -0.2) is 17.7 Å². The standard InChI is InChI=1S/C19H13Cl2O5P/c1-2-26-27(24,14-4-3-13-5-7-25-17(13)11-14)8-6-12-9-15(20)18(19(22)23)16(21)10-12/h3-5,7,9-11H,2H2,1H3,(H,22,23). The Bertz CT molecular complexity index is 1120. The molecule has 5 nitrogen and oxygen atoms in total. The van der Waals surface area contributed by atoms with Gasteiger partial charge < -0.3 is 14.0 Å². The van der Waals surface area contributed by atoms with Crippen LogP contribution in [0.4, 0.5) is 0 Å². The van der Waals surface area contributed by atoms with Gasteiger partial charge in [0.25, 0.3) is 0 Å². The number of carboxylic acid groups (broad SMARTS) is 1. The Kier molecular flexibility index (Phi) is 5.64. The molecule has 138 valence electrons. The van der Waals surface area contributed by atoms with Gasteiger partial charge in [-0.1, -0.05) is 35.2 Å². The van der Waals surface area contributed by atoms with Crippen molar-refractivity contribution in [2.75, 3.05) is 6.61 Å². The molecule has 1 heterocycles. The van der Waals surface area contributed by atoms with Crippen LogP contribution in [0.1, 0.15) is 22.8 Å². The van der Waals surface area contributed by atoms with Crippen molar-refractivity contribution in [3.05, 3.63) is 63.8 Å². The summed E-state index contributed by atoms with van der Waals surface area (Å²) in [6.45, 7) is 1.91. The molecular formula is C19H13Cl2O5P. The first kappa shape index (κ1) is 19.5. The number of halogens is 2. The number of carboxylic acids is 1. The molecule has 1 unspecified atom stereocenters. The van der Waals surface area contributed by atoms with E-state index in [9.17, 15) is 9.36 Å². The minimum Gasteiger partial charge on any atom is -0.478 e. The second-order valence-electron chi connectivity index (χ2n) is 5.47. The van der Waals surface area contributed by atoms with Crippen LogP contribution in [-0.2, 0) is 9.09 Å². The van der Waals surface area contributed by atoms with Crippen molar-refractivity contribution in [1.29, 1.82) is 0 Å². The van der Waals surface area contributed by atoms with Crippen molar-refractivity contribution in [1.82, 2.24) is 0 Å². The first-order valence-electron chi connectivity index (χ1n) is 7.82. The monoisotopic (exact) mass is 422 g/mol. The summed E-state index contributed by atoms with van der Waals surface area (Å²) in [5.41, 5.74) is 3.36. The second-order valence-corrected chi connectivity index (χ2v) is 8.38. The van der Waals surface area contributed by atoms with Crippen LogP contribution < -0.4 is 5.30 Å². The van der Waals surface area contributed by atoms with Crippen molar-refractivity contribution in [3.8, 4) is 11.6 Å². The van der Waals surface area contributed by atoms with E-state index in [4.69, 9.17) is 37.2 Å².